The largest absolute Gasteiger partial charge is 0.365 e. The predicted molar refractivity (Wildman–Crippen MR) is 124 cm³/mol. The van der Waals surface area contributed by atoms with Crippen LogP contribution in [0.2, 0.25) is 0 Å². The first-order valence-corrected chi connectivity index (χ1v) is 10.4. The Morgan fingerprint density at radius 2 is 1.91 bits per heavy atom. The van der Waals surface area contributed by atoms with Crippen LogP contribution in [0, 0.1) is 0 Å². The van der Waals surface area contributed by atoms with Crippen molar-refractivity contribution in [1.29, 1.82) is 0 Å². The van der Waals surface area contributed by atoms with E-state index in [-0.39, 0.29) is 0 Å². The van der Waals surface area contributed by atoms with E-state index in [4.69, 9.17) is 0 Å². The molecule has 156 valence electrons. The molecule has 0 aliphatic carbocycles. The second-order valence-corrected chi connectivity index (χ2v) is 7.61. The lowest BCUT2D eigenvalue weighted by Gasteiger charge is -2.08. The number of nitrogens with one attached hydrogen (secondary N) is 2. The van der Waals surface area contributed by atoms with Crippen molar-refractivity contribution in [2.75, 3.05) is 5.32 Å². The standard InChI is InChI=1S/C24H20N8/c1-2-4-20(5-3-1)32-29-15-19(30-32)16-31-11-8-21-22(31)7-10-26-24(21)28-14-17-12-18-6-9-25-23(18)27-13-17/h1-13,15H,14,16H2,(H,25,27)(H,26,28). The van der Waals surface area contributed by atoms with Crippen LogP contribution < -0.4 is 5.32 Å². The molecule has 0 fully saturated rings. The molecule has 6 aromatic rings. The highest BCUT2D eigenvalue weighted by Gasteiger charge is 2.10. The highest BCUT2D eigenvalue weighted by atomic mass is 15.5. The fourth-order valence-electron chi connectivity index (χ4n) is 3.90. The number of hydrogen-bond donors (Lipinski definition) is 2. The first-order chi connectivity index (χ1) is 15.8. The van der Waals surface area contributed by atoms with Crippen molar-refractivity contribution in [2.24, 2.45) is 0 Å². The summed E-state index contributed by atoms with van der Waals surface area (Å²) in [6.07, 6.45) is 9.48. The molecule has 0 aliphatic rings. The minimum atomic E-state index is 0.633. The molecule has 8 nitrogen and oxygen atoms in total. The van der Waals surface area contributed by atoms with Crippen LogP contribution in [0.4, 0.5) is 5.82 Å². The SMILES string of the molecule is c1ccc(-n2ncc(Cn3ccc4c(NCc5cnc6[nH]ccc6c5)nccc43)n2)cc1. The van der Waals surface area contributed by atoms with E-state index in [2.05, 4.69) is 53.4 Å². The normalized spacial score (nSPS) is 11.4. The van der Waals surface area contributed by atoms with Gasteiger partial charge in [0, 0.05) is 42.1 Å². The lowest BCUT2D eigenvalue weighted by Crippen LogP contribution is -2.03. The number of aromatic amines is 1. The summed E-state index contributed by atoms with van der Waals surface area (Å²) in [6, 6.07) is 18.2. The van der Waals surface area contributed by atoms with E-state index >= 15 is 0 Å². The van der Waals surface area contributed by atoms with Crippen molar-refractivity contribution in [2.45, 2.75) is 13.1 Å². The Labute approximate surface area is 183 Å². The minimum Gasteiger partial charge on any atom is -0.365 e. The predicted octanol–water partition coefficient (Wildman–Crippen LogP) is 4.15. The zero-order valence-electron chi connectivity index (χ0n) is 17.2. The quantitative estimate of drug-likeness (QED) is 0.422. The first-order valence-electron chi connectivity index (χ1n) is 10.4. The maximum atomic E-state index is 4.62. The minimum absolute atomic E-state index is 0.633. The molecule has 0 saturated carbocycles. The molecule has 32 heavy (non-hydrogen) atoms. The van der Waals surface area contributed by atoms with E-state index in [0.717, 1.165) is 44.7 Å². The summed E-state index contributed by atoms with van der Waals surface area (Å²) >= 11 is 0. The van der Waals surface area contributed by atoms with Gasteiger partial charge in [0.2, 0.25) is 0 Å². The topological polar surface area (TPSA) is 89.2 Å². The highest BCUT2D eigenvalue weighted by molar-refractivity contribution is 5.90. The lowest BCUT2D eigenvalue weighted by molar-refractivity contribution is 0.720. The van der Waals surface area contributed by atoms with Crippen LogP contribution in [-0.2, 0) is 13.1 Å². The van der Waals surface area contributed by atoms with Crippen molar-refractivity contribution in [1.82, 2.24) is 34.5 Å². The third-order valence-corrected chi connectivity index (χ3v) is 5.47. The highest BCUT2D eigenvalue weighted by Crippen LogP contribution is 2.24. The molecule has 5 heterocycles. The lowest BCUT2D eigenvalue weighted by atomic mass is 10.2. The maximum absolute atomic E-state index is 4.62. The number of para-hydroxylation sites is 1. The van der Waals surface area contributed by atoms with Gasteiger partial charge in [-0.05, 0) is 42.0 Å². The molecule has 0 bridgehead atoms. The Bertz CT molecular complexity index is 1510. The van der Waals surface area contributed by atoms with E-state index in [0.29, 0.717) is 13.1 Å². The molecule has 5 aromatic heterocycles. The van der Waals surface area contributed by atoms with Gasteiger partial charge in [-0.1, -0.05) is 18.2 Å². The van der Waals surface area contributed by atoms with Crippen LogP contribution in [0.25, 0.3) is 27.6 Å². The zero-order chi connectivity index (χ0) is 21.3. The Kier molecular flexibility index (Phi) is 4.39. The van der Waals surface area contributed by atoms with Crippen LogP contribution in [-0.4, -0.2) is 34.5 Å². The number of nitrogens with zero attached hydrogens (tertiary/aromatic N) is 6. The molecule has 0 atom stereocenters. The molecule has 0 spiro atoms. The fraction of sp³-hybridized carbons (Fsp3) is 0.0833. The van der Waals surface area contributed by atoms with E-state index < -0.39 is 0 Å². The van der Waals surface area contributed by atoms with Crippen molar-refractivity contribution >= 4 is 27.8 Å². The summed E-state index contributed by atoms with van der Waals surface area (Å²) < 4.78 is 2.16. The average Bonchev–Trinajstić information content (AvgIpc) is 3.59. The Balaban J connectivity index is 1.22. The van der Waals surface area contributed by atoms with Gasteiger partial charge < -0.3 is 14.9 Å². The van der Waals surface area contributed by atoms with Gasteiger partial charge in [-0.3, -0.25) is 0 Å². The van der Waals surface area contributed by atoms with E-state index in [1.165, 1.54) is 0 Å². The summed E-state index contributed by atoms with van der Waals surface area (Å²) in [4.78, 5) is 13.8. The van der Waals surface area contributed by atoms with E-state index in [9.17, 15) is 0 Å². The van der Waals surface area contributed by atoms with Crippen molar-refractivity contribution in [3.8, 4) is 5.69 Å². The average molecular weight is 420 g/mol. The molecule has 0 radical (unpaired) electrons. The molecular weight excluding hydrogens is 400 g/mol. The number of H-pyrrole nitrogens is 1. The third-order valence-electron chi connectivity index (χ3n) is 5.47. The van der Waals surface area contributed by atoms with Crippen LogP contribution in [0.15, 0.2) is 85.6 Å². The van der Waals surface area contributed by atoms with Crippen molar-refractivity contribution in [3.05, 3.63) is 96.8 Å². The summed E-state index contributed by atoms with van der Waals surface area (Å²) in [5, 5.41) is 14.7. The molecule has 0 aliphatic heterocycles. The monoisotopic (exact) mass is 420 g/mol. The molecule has 2 N–H and O–H groups in total. The summed E-state index contributed by atoms with van der Waals surface area (Å²) in [5.74, 6) is 0.850. The van der Waals surface area contributed by atoms with Gasteiger partial charge in [0.15, 0.2) is 0 Å². The number of fused-ring (bicyclic) bond motifs is 2. The van der Waals surface area contributed by atoms with Gasteiger partial charge in [-0.25, -0.2) is 9.97 Å². The van der Waals surface area contributed by atoms with Crippen molar-refractivity contribution < 1.29 is 0 Å². The molecule has 0 saturated heterocycles. The smallest absolute Gasteiger partial charge is 0.137 e. The van der Waals surface area contributed by atoms with Gasteiger partial charge in [0.25, 0.3) is 0 Å². The van der Waals surface area contributed by atoms with Crippen LogP contribution >= 0.6 is 0 Å². The fourth-order valence-corrected chi connectivity index (χ4v) is 3.90. The van der Waals surface area contributed by atoms with Crippen LogP contribution in [0.3, 0.4) is 0 Å². The van der Waals surface area contributed by atoms with Gasteiger partial charge in [0.1, 0.15) is 17.2 Å². The summed E-state index contributed by atoms with van der Waals surface area (Å²) in [6.45, 7) is 1.28. The molecule has 8 heteroatoms. The first kappa shape index (κ1) is 18.3. The van der Waals surface area contributed by atoms with E-state index in [1.54, 1.807) is 4.80 Å². The van der Waals surface area contributed by atoms with Crippen molar-refractivity contribution in [3.63, 3.8) is 0 Å². The molecule has 6 rings (SSSR count). The molecular formula is C24H20N8. The number of rotatable bonds is 6. The maximum Gasteiger partial charge on any atom is 0.137 e. The molecule has 0 unspecified atom stereocenters. The van der Waals surface area contributed by atoms with E-state index in [1.807, 2.05) is 67.3 Å². The summed E-state index contributed by atoms with van der Waals surface area (Å²) in [5.41, 5.74) is 4.93. The number of hydrogen-bond acceptors (Lipinski definition) is 5. The number of anilines is 1. The summed E-state index contributed by atoms with van der Waals surface area (Å²) in [7, 11) is 0. The molecule has 1 aromatic carbocycles. The Hall–Kier alpha value is -4.46. The Morgan fingerprint density at radius 1 is 0.969 bits per heavy atom. The second kappa shape index (κ2) is 7.66. The van der Waals surface area contributed by atoms with Gasteiger partial charge in [-0.15, -0.1) is 0 Å². The number of aromatic nitrogens is 7. The Morgan fingerprint density at radius 3 is 2.84 bits per heavy atom. The van der Waals surface area contributed by atoms with Gasteiger partial charge in [0.05, 0.1) is 23.9 Å². The second-order valence-electron chi connectivity index (χ2n) is 7.61. The van der Waals surface area contributed by atoms with Gasteiger partial charge in [-0.2, -0.15) is 15.0 Å². The molecule has 0 amide bonds. The number of pyridine rings is 2. The zero-order valence-corrected chi connectivity index (χ0v) is 17.2. The van der Waals surface area contributed by atoms with Crippen LogP contribution in [0.1, 0.15) is 11.3 Å². The third kappa shape index (κ3) is 3.37. The number of benzene rings is 1. The van der Waals surface area contributed by atoms with Crippen LogP contribution in [0.5, 0.6) is 0 Å². The van der Waals surface area contributed by atoms with Gasteiger partial charge >= 0.3 is 0 Å².